The second-order valence-corrected chi connectivity index (χ2v) is 0.707. The van der Waals surface area contributed by atoms with Crippen LogP contribution in [0.5, 0.6) is 0 Å². The van der Waals surface area contributed by atoms with Gasteiger partial charge in [-0.05, 0) is 0 Å². The Bertz CT molecular complexity index is 14.0. The Labute approximate surface area is 94.1 Å². The fraction of sp³-hybridized carbons (Fsp3) is 0.500. The average molecular weight is 441 g/mol. The van der Waals surface area contributed by atoms with E-state index in [0.29, 0.717) is 0 Å². The first-order valence-corrected chi connectivity index (χ1v) is 20.1. The van der Waals surface area contributed by atoms with E-state index in [4.69, 9.17) is 0 Å². The zero-order valence-corrected chi connectivity index (χ0v) is 15.2. The van der Waals surface area contributed by atoms with Crippen molar-refractivity contribution in [1.29, 1.82) is 0 Å². The minimum absolute atomic E-state index is 0.958. The maximum absolute atomic E-state index is 3.54. The van der Waals surface area contributed by atoms with Gasteiger partial charge >= 0.3 is 69.1 Å². The molecule has 8 heavy (non-hydrogen) atoms. The van der Waals surface area contributed by atoms with E-state index in [0.717, 1.165) is 12.8 Å². The van der Waals surface area contributed by atoms with E-state index < -0.39 is 0 Å². The second kappa shape index (κ2) is 33.2. The van der Waals surface area contributed by atoms with Crippen LogP contribution in [0.3, 0.4) is 0 Å². The zero-order valence-electron chi connectivity index (χ0n) is 5.00. The van der Waals surface area contributed by atoms with Crippen LogP contribution in [-0.2, 0) is 29.6 Å². The van der Waals surface area contributed by atoms with Gasteiger partial charge in [0.25, 0.3) is 0 Å². The normalized spacial score (nSPS) is 5.50. The van der Waals surface area contributed by atoms with E-state index in [1.54, 1.807) is 0 Å². The molecule has 0 aliphatic rings. The Balaban J connectivity index is -0.0000000542. The van der Waals surface area contributed by atoms with E-state index >= 15 is 0 Å². The van der Waals surface area contributed by atoms with Crippen LogP contribution in [0.2, 0.25) is 0 Å². The summed E-state index contributed by atoms with van der Waals surface area (Å²) in [6.07, 6.45) is 1.92. The first-order chi connectivity index (χ1) is 3.91. The molecule has 0 aromatic heterocycles. The van der Waals surface area contributed by atoms with Crippen LogP contribution in [0.1, 0.15) is 12.8 Å². The molecule has 0 rings (SSSR count). The molecule has 0 fully saturated rings. The summed E-state index contributed by atoms with van der Waals surface area (Å²) in [6, 6.07) is 0. The molecule has 0 spiro atoms. The van der Waals surface area contributed by atoms with Crippen LogP contribution in [0.25, 0.3) is 0 Å². The van der Waals surface area contributed by atoms with Gasteiger partial charge in [-0.2, -0.15) is 0 Å². The van der Waals surface area contributed by atoms with Crippen LogP contribution in [0, 0.1) is 13.8 Å². The fourth-order valence-corrected chi connectivity index (χ4v) is 0. The molecule has 0 aliphatic heterocycles. The van der Waals surface area contributed by atoms with Gasteiger partial charge in [-0.25, -0.2) is 12.8 Å². The molecule has 4 heteroatoms. The summed E-state index contributed by atoms with van der Waals surface area (Å²) in [5.41, 5.74) is 0. The monoisotopic (exact) mass is 438 g/mol. The van der Waals surface area contributed by atoms with E-state index in [1.165, 1.54) is 29.6 Å². The third kappa shape index (κ3) is 37.6. The summed E-state index contributed by atoms with van der Waals surface area (Å²) in [5, 5.41) is 0. The molecule has 0 amide bonds. The molecule has 0 heterocycles. The summed E-state index contributed by atoms with van der Waals surface area (Å²) in [6.45, 7) is 7.08. The van der Waals surface area contributed by atoms with Gasteiger partial charge in [-0.1, -0.05) is 0 Å². The number of halogens is 2. The molecule has 0 nitrogen and oxygen atoms in total. The van der Waals surface area contributed by atoms with Gasteiger partial charge in [0.2, 0.25) is 0 Å². The van der Waals surface area contributed by atoms with Crippen LogP contribution >= 0.6 is 39.5 Å². The standard InChI is InChI=1S/C4H8.2HI.2Zn/c1-3-4-2;;;;/h1-4H2;2*1H;;/q-2;;;2*+2/p-2. The van der Waals surface area contributed by atoms with Crippen molar-refractivity contribution in [1.82, 2.24) is 0 Å². The molecule has 42 valence electrons. The average Bonchev–Trinajstić information content (AvgIpc) is 1.96. The van der Waals surface area contributed by atoms with Crippen molar-refractivity contribution in [2.45, 2.75) is 12.8 Å². The predicted molar refractivity (Wildman–Crippen MR) is 48.0 cm³/mol. The number of hydrogen-bond donors (Lipinski definition) is 0. The molecule has 0 bridgehead atoms. The molecule has 0 aromatic carbocycles. The Morgan fingerprint density at radius 2 is 1.00 bits per heavy atom. The van der Waals surface area contributed by atoms with Crippen LogP contribution in [-0.4, -0.2) is 0 Å². The minimum atomic E-state index is 0.958. The molecule has 0 radical (unpaired) electrons. The zero-order chi connectivity index (χ0) is 7.41. The molecule has 0 unspecified atom stereocenters. The third-order valence-corrected chi connectivity index (χ3v) is 0.250. The van der Waals surface area contributed by atoms with Gasteiger partial charge in [0.05, 0.1) is 0 Å². The van der Waals surface area contributed by atoms with Gasteiger partial charge in [-0.3, -0.25) is 0 Å². The number of unbranched alkanes of at least 4 members (excludes halogenated alkanes) is 1. The fourth-order valence-electron chi connectivity index (χ4n) is 0. The Hall–Kier alpha value is 2.71. The van der Waals surface area contributed by atoms with Gasteiger partial charge < -0.3 is 13.8 Å². The molecule has 0 aromatic rings. The van der Waals surface area contributed by atoms with Gasteiger partial charge in [0.15, 0.2) is 0 Å². The summed E-state index contributed by atoms with van der Waals surface area (Å²) >= 11 is 7.24. The summed E-state index contributed by atoms with van der Waals surface area (Å²) in [4.78, 5) is 0. The van der Waals surface area contributed by atoms with Crippen LogP contribution in [0.4, 0.5) is 0 Å². The van der Waals surface area contributed by atoms with Gasteiger partial charge in [0, 0.05) is 0 Å². The topological polar surface area (TPSA) is 0 Å². The van der Waals surface area contributed by atoms with Crippen molar-refractivity contribution < 1.29 is 29.6 Å². The second-order valence-electron chi connectivity index (χ2n) is 0.707. The molecular weight excluding hydrogens is 433 g/mol. The van der Waals surface area contributed by atoms with Crippen molar-refractivity contribution >= 4 is 39.5 Å². The van der Waals surface area contributed by atoms with E-state index in [1.807, 2.05) is 0 Å². The number of hydrogen-bond acceptors (Lipinski definition) is 0. The van der Waals surface area contributed by atoms with E-state index in [-0.39, 0.29) is 0 Å². The first kappa shape index (κ1) is 17.0. The molecule has 0 saturated carbocycles. The van der Waals surface area contributed by atoms with E-state index in [2.05, 4.69) is 53.3 Å². The SMILES string of the molecule is [CH2-]CC[CH2-].[Zn+][I].[Zn+][I]. The van der Waals surface area contributed by atoms with Crippen molar-refractivity contribution in [3.05, 3.63) is 13.8 Å². The molecule has 0 aliphatic carbocycles. The molecule has 0 atom stereocenters. The summed E-state index contributed by atoms with van der Waals surface area (Å²) in [5.74, 6) is 0. The maximum atomic E-state index is 3.54. The van der Waals surface area contributed by atoms with Crippen molar-refractivity contribution in [2.24, 2.45) is 0 Å². The van der Waals surface area contributed by atoms with Crippen molar-refractivity contribution in [3.63, 3.8) is 0 Å². The van der Waals surface area contributed by atoms with Crippen LogP contribution in [0.15, 0.2) is 0 Å². The van der Waals surface area contributed by atoms with Crippen molar-refractivity contribution in [3.8, 4) is 0 Å². The first-order valence-electron chi connectivity index (χ1n) is 2.03. The van der Waals surface area contributed by atoms with Gasteiger partial charge in [-0.15, -0.1) is 0 Å². The summed E-state index contributed by atoms with van der Waals surface area (Å²) < 4.78 is 0. The Kier molecular flexibility index (Phi) is 70.5. The summed E-state index contributed by atoms with van der Waals surface area (Å²) in [7, 11) is 0. The Morgan fingerprint density at radius 1 is 0.875 bits per heavy atom. The quantitative estimate of drug-likeness (QED) is 0.334. The van der Waals surface area contributed by atoms with Crippen molar-refractivity contribution in [2.75, 3.05) is 0 Å². The van der Waals surface area contributed by atoms with Gasteiger partial charge in [0.1, 0.15) is 0 Å². The molecule has 0 saturated heterocycles. The predicted octanol–water partition coefficient (Wildman–Crippen LogP) is 3.20. The van der Waals surface area contributed by atoms with E-state index in [9.17, 15) is 0 Å². The Morgan fingerprint density at radius 3 is 1.00 bits per heavy atom. The van der Waals surface area contributed by atoms with Crippen LogP contribution < -0.4 is 0 Å². The molecule has 0 N–H and O–H groups in total. The number of rotatable bonds is 1. The molecular formula is C4H8I2Zn2. The third-order valence-electron chi connectivity index (χ3n) is 0.250.